The van der Waals surface area contributed by atoms with Crippen LogP contribution in [0, 0.1) is 5.92 Å². The molecule has 3 N–H and O–H groups in total. The van der Waals surface area contributed by atoms with Crippen LogP contribution in [-0.2, 0) is 0 Å². The van der Waals surface area contributed by atoms with Crippen LogP contribution in [-0.4, -0.2) is 11.5 Å². The van der Waals surface area contributed by atoms with Crippen molar-refractivity contribution in [2.45, 2.75) is 38.5 Å². The number of nitrogen functional groups attached to an aromatic ring is 1. The van der Waals surface area contributed by atoms with Crippen molar-refractivity contribution < 1.29 is 0 Å². The van der Waals surface area contributed by atoms with Gasteiger partial charge in [0.2, 0.25) is 0 Å². The molecule has 0 unspecified atom stereocenters. The molecule has 1 aliphatic rings. The summed E-state index contributed by atoms with van der Waals surface area (Å²) in [7, 11) is 0. The van der Waals surface area contributed by atoms with Crippen molar-refractivity contribution in [2.75, 3.05) is 17.6 Å². The van der Waals surface area contributed by atoms with E-state index in [2.05, 4.69) is 26.2 Å². The molecule has 1 fully saturated rings. The van der Waals surface area contributed by atoms with E-state index in [9.17, 15) is 0 Å². The Kier molecular flexibility index (Phi) is 4.63. The molecular formula is C17H22BrN3. The summed E-state index contributed by atoms with van der Waals surface area (Å²) in [6, 6.07) is 6.03. The minimum atomic E-state index is 0.775. The lowest BCUT2D eigenvalue weighted by molar-refractivity contribution is 0.345. The van der Waals surface area contributed by atoms with Crippen LogP contribution >= 0.6 is 15.9 Å². The predicted octanol–water partition coefficient (Wildman–Crippen LogP) is 4.96. The summed E-state index contributed by atoms with van der Waals surface area (Å²) in [5, 5.41) is 4.55. The Hall–Kier alpha value is -1.29. The molecule has 21 heavy (non-hydrogen) atoms. The zero-order valence-corrected chi connectivity index (χ0v) is 13.8. The van der Waals surface area contributed by atoms with Gasteiger partial charge in [-0.3, -0.25) is 4.98 Å². The van der Waals surface area contributed by atoms with Crippen molar-refractivity contribution in [3.63, 3.8) is 0 Å². The Bertz CT molecular complexity index is 621. The van der Waals surface area contributed by atoms with Gasteiger partial charge in [-0.1, -0.05) is 32.1 Å². The minimum Gasteiger partial charge on any atom is -0.398 e. The number of aromatic nitrogens is 1. The maximum atomic E-state index is 6.05. The number of benzene rings is 1. The van der Waals surface area contributed by atoms with Crippen LogP contribution in [0.3, 0.4) is 0 Å². The largest absolute Gasteiger partial charge is 0.398 e. The average molecular weight is 348 g/mol. The van der Waals surface area contributed by atoms with E-state index in [-0.39, 0.29) is 0 Å². The molecule has 0 bridgehead atoms. The zero-order valence-electron chi connectivity index (χ0n) is 12.2. The number of halogens is 1. The van der Waals surface area contributed by atoms with Gasteiger partial charge in [-0.15, -0.1) is 0 Å². The van der Waals surface area contributed by atoms with Crippen LogP contribution in [0.4, 0.5) is 11.4 Å². The zero-order chi connectivity index (χ0) is 14.7. The van der Waals surface area contributed by atoms with Crippen LogP contribution in [0.1, 0.15) is 38.5 Å². The van der Waals surface area contributed by atoms with Gasteiger partial charge >= 0.3 is 0 Å². The second-order valence-corrected chi connectivity index (χ2v) is 6.89. The Morgan fingerprint density at radius 2 is 2.05 bits per heavy atom. The van der Waals surface area contributed by atoms with E-state index in [1.165, 1.54) is 38.5 Å². The standard InChI is InChI=1S/C17H22BrN3/c18-13-10-14-15(19)6-7-16(17(14)21-11-13)20-9-8-12-4-2-1-3-5-12/h6-7,10-12,20H,1-5,8-9,19H2. The number of rotatable bonds is 4. The van der Waals surface area contributed by atoms with E-state index in [4.69, 9.17) is 5.73 Å². The summed E-state index contributed by atoms with van der Waals surface area (Å²) in [5.74, 6) is 0.897. The van der Waals surface area contributed by atoms with Gasteiger partial charge in [0.25, 0.3) is 0 Å². The molecule has 0 saturated heterocycles. The topological polar surface area (TPSA) is 50.9 Å². The second kappa shape index (κ2) is 6.65. The van der Waals surface area contributed by atoms with E-state index in [1.807, 2.05) is 24.4 Å². The van der Waals surface area contributed by atoms with Crippen LogP contribution in [0.15, 0.2) is 28.9 Å². The molecule has 4 heteroatoms. The summed E-state index contributed by atoms with van der Waals surface area (Å²) in [6.07, 6.45) is 10.1. The van der Waals surface area contributed by atoms with Crippen LogP contribution in [0.25, 0.3) is 10.9 Å². The first-order valence-corrected chi connectivity index (χ1v) is 8.61. The van der Waals surface area contributed by atoms with Gasteiger partial charge in [0.05, 0.1) is 11.2 Å². The Labute approximate surface area is 134 Å². The fourth-order valence-corrected chi connectivity index (χ4v) is 3.58. The van der Waals surface area contributed by atoms with Gasteiger partial charge in [-0.25, -0.2) is 0 Å². The van der Waals surface area contributed by atoms with Gasteiger partial charge in [0.15, 0.2) is 0 Å². The Balaban J connectivity index is 1.70. The van der Waals surface area contributed by atoms with Gasteiger partial charge in [-0.2, -0.15) is 0 Å². The smallest absolute Gasteiger partial charge is 0.0954 e. The van der Waals surface area contributed by atoms with E-state index in [0.717, 1.165) is 39.2 Å². The third-order valence-electron chi connectivity index (χ3n) is 4.44. The van der Waals surface area contributed by atoms with Gasteiger partial charge in [0, 0.05) is 28.3 Å². The molecule has 0 amide bonds. The van der Waals surface area contributed by atoms with Crippen molar-refractivity contribution in [3.8, 4) is 0 Å². The highest BCUT2D eigenvalue weighted by Gasteiger charge is 2.13. The van der Waals surface area contributed by atoms with Crippen LogP contribution in [0.2, 0.25) is 0 Å². The molecule has 0 radical (unpaired) electrons. The number of nitrogens with zero attached hydrogens (tertiary/aromatic N) is 1. The molecule has 0 spiro atoms. The summed E-state index contributed by atoms with van der Waals surface area (Å²) >= 11 is 3.46. The monoisotopic (exact) mass is 347 g/mol. The summed E-state index contributed by atoms with van der Waals surface area (Å²) in [4.78, 5) is 4.52. The number of nitrogens with one attached hydrogen (secondary N) is 1. The molecule has 3 nitrogen and oxygen atoms in total. The Morgan fingerprint density at radius 1 is 1.24 bits per heavy atom. The third kappa shape index (κ3) is 3.49. The maximum absolute atomic E-state index is 6.05. The lowest BCUT2D eigenvalue weighted by atomic mass is 9.87. The van der Waals surface area contributed by atoms with Gasteiger partial charge in [0.1, 0.15) is 0 Å². The molecule has 2 aromatic rings. The van der Waals surface area contributed by atoms with E-state index in [0.29, 0.717) is 0 Å². The fourth-order valence-electron chi connectivity index (χ4n) is 3.25. The molecule has 1 aromatic heterocycles. The van der Waals surface area contributed by atoms with Crippen molar-refractivity contribution >= 4 is 38.2 Å². The minimum absolute atomic E-state index is 0.775. The molecule has 0 atom stereocenters. The first kappa shape index (κ1) is 14.6. The lowest BCUT2D eigenvalue weighted by Gasteiger charge is -2.21. The van der Waals surface area contributed by atoms with Crippen molar-refractivity contribution in [1.82, 2.24) is 4.98 Å². The molecular weight excluding hydrogens is 326 g/mol. The predicted molar refractivity (Wildman–Crippen MR) is 93.5 cm³/mol. The normalized spacial score (nSPS) is 16.2. The van der Waals surface area contributed by atoms with E-state index >= 15 is 0 Å². The highest BCUT2D eigenvalue weighted by atomic mass is 79.9. The highest BCUT2D eigenvalue weighted by molar-refractivity contribution is 9.10. The average Bonchev–Trinajstić information content (AvgIpc) is 2.51. The molecule has 3 rings (SSSR count). The van der Waals surface area contributed by atoms with E-state index in [1.54, 1.807) is 0 Å². The molecule has 1 aliphatic carbocycles. The maximum Gasteiger partial charge on any atom is 0.0954 e. The molecule has 1 aromatic carbocycles. The number of pyridine rings is 1. The molecule has 1 saturated carbocycles. The van der Waals surface area contributed by atoms with Crippen molar-refractivity contribution in [2.24, 2.45) is 5.92 Å². The molecule has 112 valence electrons. The third-order valence-corrected chi connectivity index (χ3v) is 4.88. The van der Waals surface area contributed by atoms with Crippen molar-refractivity contribution in [1.29, 1.82) is 0 Å². The van der Waals surface area contributed by atoms with Crippen LogP contribution in [0.5, 0.6) is 0 Å². The van der Waals surface area contributed by atoms with Crippen molar-refractivity contribution in [3.05, 3.63) is 28.9 Å². The first-order chi connectivity index (χ1) is 10.2. The van der Waals surface area contributed by atoms with Gasteiger partial charge < -0.3 is 11.1 Å². The second-order valence-electron chi connectivity index (χ2n) is 5.97. The summed E-state index contributed by atoms with van der Waals surface area (Å²) < 4.78 is 0.959. The summed E-state index contributed by atoms with van der Waals surface area (Å²) in [5.41, 5.74) is 8.87. The summed E-state index contributed by atoms with van der Waals surface area (Å²) in [6.45, 7) is 1.02. The SMILES string of the molecule is Nc1ccc(NCCC2CCCCC2)c2ncc(Br)cc12. The fraction of sp³-hybridized carbons (Fsp3) is 0.471. The van der Waals surface area contributed by atoms with Gasteiger partial charge in [-0.05, 0) is 46.5 Å². The molecule has 1 heterocycles. The number of anilines is 2. The highest BCUT2D eigenvalue weighted by Crippen LogP contribution is 2.30. The Morgan fingerprint density at radius 3 is 2.86 bits per heavy atom. The first-order valence-electron chi connectivity index (χ1n) is 7.81. The number of nitrogens with two attached hydrogens (primary N) is 1. The number of hydrogen-bond donors (Lipinski definition) is 2. The quantitative estimate of drug-likeness (QED) is 0.768. The lowest BCUT2D eigenvalue weighted by Crippen LogP contribution is -2.12. The number of hydrogen-bond acceptors (Lipinski definition) is 3. The van der Waals surface area contributed by atoms with Crippen LogP contribution < -0.4 is 11.1 Å². The molecule has 0 aliphatic heterocycles. The number of fused-ring (bicyclic) bond motifs is 1. The van der Waals surface area contributed by atoms with E-state index < -0.39 is 0 Å².